The first-order chi connectivity index (χ1) is 11.9. The van der Waals surface area contributed by atoms with Gasteiger partial charge in [-0.05, 0) is 19.8 Å². The molecule has 0 aromatic carbocycles. The Morgan fingerprint density at radius 1 is 1.28 bits per heavy atom. The van der Waals surface area contributed by atoms with Gasteiger partial charge in [-0.2, -0.15) is 0 Å². The number of fused-ring (bicyclic) bond motifs is 1. The Morgan fingerprint density at radius 2 is 2.04 bits per heavy atom. The van der Waals surface area contributed by atoms with Crippen LogP contribution in [0.4, 0.5) is 0 Å². The van der Waals surface area contributed by atoms with Crippen LogP contribution < -0.4 is 5.32 Å². The number of allylic oxidation sites excluding steroid dienone is 1. The smallest absolute Gasteiger partial charge is 0.246 e. The summed E-state index contributed by atoms with van der Waals surface area (Å²) in [6.07, 6.45) is 3.13. The number of nitrogens with one attached hydrogen (secondary N) is 1. The van der Waals surface area contributed by atoms with Gasteiger partial charge in [-0.1, -0.05) is 25.5 Å². The van der Waals surface area contributed by atoms with Gasteiger partial charge in [-0.25, -0.2) is 0 Å². The van der Waals surface area contributed by atoms with Gasteiger partial charge in [0.15, 0.2) is 5.82 Å². The Kier molecular flexibility index (Phi) is 7.13. The van der Waals surface area contributed by atoms with E-state index >= 15 is 0 Å². The molecule has 1 aliphatic heterocycles. The third kappa shape index (κ3) is 5.37. The molecule has 0 spiro atoms. The van der Waals surface area contributed by atoms with Crippen LogP contribution in [0, 0.1) is 5.92 Å². The first-order valence-corrected chi connectivity index (χ1v) is 8.98. The zero-order valence-corrected chi connectivity index (χ0v) is 16.1. The first-order valence-electron chi connectivity index (χ1n) is 8.98. The van der Waals surface area contributed by atoms with Gasteiger partial charge in [-0.3, -0.25) is 9.69 Å². The van der Waals surface area contributed by atoms with Crippen molar-refractivity contribution in [3.8, 4) is 0 Å². The number of hydrogen-bond donors (Lipinski definition) is 1. The highest BCUT2D eigenvalue weighted by Gasteiger charge is 2.27. The molecule has 0 saturated heterocycles. The van der Waals surface area contributed by atoms with Gasteiger partial charge in [0.1, 0.15) is 12.4 Å². The summed E-state index contributed by atoms with van der Waals surface area (Å²) in [5.74, 6) is 1.94. The highest BCUT2D eigenvalue weighted by molar-refractivity contribution is 5.77. The zero-order chi connectivity index (χ0) is 18.4. The van der Waals surface area contributed by atoms with Crippen molar-refractivity contribution in [2.24, 2.45) is 5.92 Å². The number of nitrogens with zero attached hydrogens (tertiary/aromatic N) is 4. The summed E-state index contributed by atoms with van der Waals surface area (Å²) < 4.78 is 7.11. The molecule has 7 nitrogen and oxygen atoms in total. The topological polar surface area (TPSA) is 72.3 Å². The fraction of sp³-hybridized carbons (Fsp3) is 0.722. The number of methoxy groups -OCH3 is 1. The fourth-order valence-electron chi connectivity index (χ4n) is 2.99. The zero-order valence-electron chi connectivity index (χ0n) is 16.1. The number of ether oxygens (including phenoxy) is 1. The molecule has 1 atom stereocenters. The lowest BCUT2D eigenvalue weighted by Gasteiger charge is -2.23. The SMILES string of the molecule is COCC(=O)NC(c1nnc2n1CCN(CC=C(C)C)CC2)C(C)C. The van der Waals surface area contributed by atoms with E-state index in [-0.39, 0.29) is 24.5 Å². The van der Waals surface area contributed by atoms with Crippen LogP contribution in [0.15, 0.2) is 11.6 Å². The molecule has 0 bridgehead atoms. The fourth-order valence-corrected chi connectivity index (χ4v) is 2.99. The van der Waals surface area contributed by atoms with Crippen LogP contribution in [0.5, 0.6) is 0 Å². The number of rotatable bonds is 7. The van der Waals surface area contributed by atoms with Crippen molar-refractivity contribution in [2.45, 2.75) is 46.7 Å². The van der Waals surface area contributed by atoms with Crippen LogP contribution in [0.3, 0.4) is 0 Å². The maximum atomic E-state index is 12.0. The van der Waals surface area contributed by atoms with Crippen molar-refractivity contribution >= 4 is 5.91 Å². The van der Waals surface area contributed by atoms with Crippen molar-refractivity contribution in [1.29, 1.82) is 0 Å². The van der Waals surface area contributed by atoms with E-state index in [1.54, 1.807) is 0 Å². The molecule has 0 aliphatic carbocycles. The van der Waals surface area contributed by atoms with Gasteiger partial charge in [0, 0.05) is 39.7 Å². The molecule has 1 aromatic heterocycles. The maximum Gasteiger partial charge on any atom is 0.246 e. The van der Waals surface area contributed by atoms with Crippen LogP contribution in [0.2, 0.25) is 0 Å². The molecule has 25 heavy (non-hydrogen) atoms. The predicted octanol–water partition coefficient (Wildman–Crippen LogP) is 1.56. The summed E-state index contributed by atoms with van der Waals surface area (Å²) in [5, 5.41) is 11.8. The maximum absolute atomic E-state index is 12.0. The molecule has 140 valence electrons. The van der Waals surface area contributed by atoms with E-state index < -0.39 is 0 Å². The minimum Gasteiger partial charge on any atom is -0.375 e. The normalized spacial score (nSPS) is 16.2. The molecule has 2 heterocycles. The van der Waals surface area contributed by atoms with E-state index in [0.29, 0.717) is 0 Å². The standard InChI is InChI=1S/C18H31N5O2/c1-13(2)6-8-22-9-7-15-20-21-18(23(15)11-10-22)17(14(3)4)19-16(24)12-25-5/h6,14,17H,7-12H2,1-5H3,(H,19,24). The number of hydrogen-bond acceptors (Lipinski definition) is 5. The number of amides is 1. The summed E-state index contributed by atoms with van der Waals surface area (Å²) in [4.78, 5) is 14.4. The van der Waals surface area contributed by atoms with Crippen LogP contribution >= 0.6 is 0 Å². The Morgan fingerprint density at radius 3 is 2.68 bits per heavy atom. The van der Waals surface area contributed by atoms with Crippen LogP contribution in [-0.2, 0) is 22.5 Å². The average Bonchev–Trinajstić information content (AvgIpc) is 2.83. The summed E-state index contributed by atoms with van der Waals surface area (Å²) in [6, 6.07) is -0.159. The van der Waals surface area contributed by atoms with Gasteiger partial charge >= 0.3 is 0 Å². The van der Waals surface area contributed by atoms with Crippen LogP contribution in [0.1, 0.15) is 45.4 Å². The molecular weight excluding hydrogens is 318 g/mol. The van der Waals surface area contributed by atoms with Gasteiger partial charge in [0.25, 0.3) is 0 Å². The lowest BCUT2D eigenvalue weighted by atomic mass is 10.0. The van der Waals surface area contributed by atoms with E-state index in [9.17, 15) is 4.79 Å². The molecule has 1 aliphatic rings. The molecule has 0 fully saturated rings. The lowest BCUT2D eigenvalue weighted by molar-refractivity contribution is -0.125. The quantitative estimate of drug-likeness (QED) is 0.757. The first kappa shape index (κ1) is 19.6. The minimum atomic E-state index is -0.159. The lowest BCUT2D eigenvalue weighted by Crippen LogP contribution is -2.36. The van der Waals surface area contributed by atoms with E-state index in [1.807, 2.05) is 0 Å². The molecule has 1 aromatic rings. The second-order valence-electron chi connectivity index (χ2n) is 7.18. The third-order valence-corrected chi connectivity index (χ3v) is 4.44. The Labute approximate surface area is 150 Å². The minimum absolute atomic E-state index is 0.0562. The Hall–Kier alpha value is -1.73. The Bertz CT molecular complexity index is 605. The highest BCUT2D eigenvalue weighted by atomic mass is 16.5. The van der Waals surface area contributed by atoms with Crippen molar-refractivity contribution in [2.75, 3.05) is 33.4 Å². The van der Waals surface area contributed by atoms with Crippen molar-refractivity contribution in [3.63, 3.8) is 0 Å². The average molecular weight is 349 g/mol. The molecule has 1 unspecified atom stereocenters. The molecule has 2 rings (SSSR count). The monoisotopic (exact) mass is 349 g/mol. The molecule has 7 heteroatoms. The van der Waals surface area contributed by atoms with Gasteiger partial charge < -0.3 is 14.6 Å². The molecule has 0 radical (unpaired) electrons. The van der Waals surface area contributed by atoms with Gasteiger partial charge in [0.2, 0.25) is 5.91 Å². The third-order valence-electron chi connectivity index (χ3n) is 4.44. The van der Waals surface area contributed by atoms with E-state index in [1.165, 1.54) is 12.7 Å². The second kappa shape index (κ2) is 9.10. The summed E-state index contributed by atoms with van der Waals surface area (Å²) in [6.45, 7) is 12.2. The Balaban J connectivity index is 2.13. The largest absolute Gasteiger partial charge is 0.375 e. The van der Waals surface area contributed by atoms with E-state index in [0.717, 1.165) is 44.2 Å². The predicted molar refractivity (Wildman–Crippen MR) is 97.2 cm³/mol. The summed E-state index contributed by atoms with van der Waals surface area (Å²) in [7, 11) is 1.52. The van der Waals surface area contributed by atoms with E-state index in [2.05, 4.69) is 58.8 Å². The molecular formula is C18H31N5O2. The van der Waals surface area contributed by atoms with Crippen LogP contribution in [0.25, 0.3) is 0 Å². The summed E-state index contributed by atoms with van der Waals surface area (Å²) in [5.41, 5.74) is 1.34. The molecule has 0 saturated carbocycles. The number of carbonyl (C=O) groups excluding carboxylic acids is 1. The second-order valence-corrected chi connectivity index (χ2v) is 7.18. The highest BCUT2D eigenvalue weighted by Crippen LogP contribution is 2.22. The molecule has 1 amide bonds. The van der Waals surface area contributed by atoms with Crippen molar-refractivity contribution < 1.29 is 9.53 Å². The van der Waals surface area contributed by atoms with E-state index in [4.69, 9.17) is 4.74 Å². The van der Waals surface area contributed by atoms with Crippen molar-refractivity contribution in [1.82, 2.24) is 25.0 Å². The number of carbonyl (C=O) groups is 1. The summed E-state index contributed by atoms with van der Waals surface area (Å²) >= 11 is 0. The molecule has 1 N–H and O–H groups in total. The van der Waals surface area contributed by atoms with Gasteiger partial charge in [0.05, 0.1) is 6.04 Å². The van der Waals surface area contributed by atoms with Crippen LogP contribution in [-0.4, -0.2) is 58.9 Å². The number of aromatic nitrogens is 3. The van der Waals surface area contributed by atoms with Gasteiger partial charge in [-0.15, -0.1) is 10.2 Å². The van der Waals surface area contributed by atoms with Crippen molar-refractivity contribution in [3.05, 3.63) is 23.3 Å².